The standard InChI is InChI=1S/C16H22N2O4/c1-2-18(16(19)14-6-4-12(8-17)22-14)9-11-3-5-13-15(7-11)21-10-20-13/h3,5,7,12,14H,2,4,6,8-10,17H2,1H3/t12-,14+/m1/s1. The summed E-state index contributed by atoms with van der Waals surface area (Å²) in [7, 11) is 0. The first-order chi connectivity index (χ1) is 10.7. The van der Waals surface area contributed by atoms with Gasteiger partial charge in [0.2, 0.25) is 6.79 Å². The van der Waals surface area contributed by atoms with Crippen molar-refractivity contribution in [1.82, 2.24) is 4.90 Å². The van der Waals surface area contributed by atoms with Crippen molar-refractivity contribution in [3.05, 3.63) is 23.8 Å². The Morgan fingerprint density at radius 3 is 2.86 bits per heavy atom. The van der Waals surface area contributed by atoms with Crippen LogP contribution < -0.4 is 15.2 Å². The summed E-state index contributed by atoms with van der Waals surface area (Å²) in [5.41, 5.74) is 6.63. The van der Waals surface area contributed by atoms with Gasteiger partial charge in [-0.05, 0) is 37.5 Å². The van der Waals surface area contributed by atoms with E-state index in [1.54, 1.807) is 4.90 Å². The molecule has 1 amide bonds. The highest BCUT2D eigenvalue weighted by Gasteiger charge is 2.32. The summed E-state index contributed by atoms with van der Waals surface area (Å²) in [6.07, 6.45) is 1.26. The molecule has 0 aliphatic carbocycles. The number of rotatable bonds is 5. The number of carbonyl (C=O) groups is 1. The summed E-state index contributed by atoms with van der Waals surface area (Å²) in [5, 5.41) is 0. The number of hydrogen-bond donors (Lipinski definition) is 1. The summed E-state index contributed by atoms with van der Waals surface area (Å²) in [5.74, 6) is 1.53. The van der Waals surface area contributed by atoms with Crippen LogP contribution in [0.25, 0.3) is 0 Å². The van der Waals surface area contributed by atoms with Gasteiger partial charge < -0.3 is 24.8 Å². The first kappa shape index (κ1) is 15.1. The molecule has 6 nitrogen and oxygen atoms in total. The van der Waals surface area contributed by atoms with E-state index in [4.69, 9.17) is 19.9 Å². The largest absolute Gasteiger partial charge is 0.454 e. The molecule has 0 aromatic heterocycles. The average Bonchev–Trinajstić information content (AvgIpc) is 3.20. The van der Waals surface area contributed by atoms with Crippen molar-refractivity contribution >= 4 is 5.91 Å². The van der Waals surface area contributed by atoms with Gasteiger partial charge in [-0.3, -0.25) is 4.79 Å². The van der Waals surface area contributed by atoms with Crippen molar-refractivity contribution in [3.8, 4) is 11.5 Å². The molecule has 1 saturated heterocycles. The fourth-order valence-electron chi connectivity index (χ4n) is 2.87. The van der Waals surface area contributed by atoms with Crippen LogP contribution in [-0.4, -0.2) is 42.9 Å². The van der Waals surface area contributed by atoms with E-state index < -0.39 is 0 Å². The summed E-state index contributed by atoms with van der Waals surface area (Å²) in [6, 6.07) is 5.77. The second-order valence-corrected chi connectivity index (χ2v) is 5.60. The minimum Gasteiger partial charge on any atom is -0.454 e. The van der Waals surface area contributed by atoms with Gasteiger partial charge in [-0.25, -0.2) is 0 Å². The SMILES string of the molecule is CCN(Cc1ccc2c(c1)OCO2)C(=O)[C@@H]1CC[C@H](CN)O1. The van der Waals surface area contributed by atoms with Crippen LogP contribution in [0.3, 0.4) is 0 Å². The van der Waals surface area contributed by atoms with Crippen LogP contribution in [0, 0.1) is 0 Å². The lowest BCUT2D eigenvalue weighted by molar-refractivity contribution is -0.143. The molecule has 2 aliphatic heterocycles. The van der Waals surface area contributed by atoms with E-state index in [0.717, 1.165) is 29.9 Å². The normalized spacial score (nSPS) is 22.8. The Labute approximate surface area is 130 Å². The van der Waals surface area contributed by atoms with Crippen LogP contribution in [0.4, 0.5) is 0 Å². The van der Waals surface area contributed by atoms with Gasteiger partial charge in [-0.15, -0.1) is 0 Å². The van der Waals surface area contributed by atoms with Crippen molar-refractivity contribution in [3.63, 3.8) is 0 Å². The van der Waals surface area contributed by atoms with Crippen LogP contribution >= 0.6 is 0 Å². The molecular weight excluding hydrogens is 284 g/mol. The third-order valence-corrected chi connectivity index (χ3v) is 4.15. The van der Waals surface area contributed by atoms with Gasteiger partial charge in [-0.1, -0.05) is 6.07 Å². The maximum absolute atomic E-state index is 12.6. The second kappa shape index (κ2) is 6.54. The summed E-state index contributed by atoms with van der Waals surface area (Å²) in [6.45, 7) is 3.88. The maximum atomic E-state index is 12.6. The average molecular weight is 306 g/mol. The monoisotopic (exact) mass is 306 g/mol. The maximum Gasteiger partial charge on any atom is 0.252 e. The lowest BCUT2D eigenvalue weighted by Gasteiger charge is -2.24. The van der Waals surface area contributed by atoms with Gasteiger partial charge in [0.25, 0.3) is 5.91 Å². The molecule has 2 N–H and O–H groups in total. The molecule has 3 rings (SSSR count). The highest BCUT2D eigenvalue weighted by atomic mass is 16.7. The summed E-state index contributed by atoms with van der Waals surface area (Å²) >= 11 is 0. The smallest absolute Gasteiger partial charge is 0.252 e. The fourth-order valence-corrected chi connectivity index (χ4v) is 2.87. The lowest BCUT2D eigenvalue weighted by Crippen LogP contribution is -2.39. The molecular formula is C16H22N2O4. The van der Waals surface area contributed by atoms with Gasteiger partial charge in [0.1, 0.15) is 6.10 Å². The summed E-state index contributed by atoms with van der Waals surface area (Å²) in [4.78, 5) is 14.4. The van der Waals surface area contributed by atoms with Gasteiger partial charge >= 0.3 is 0 Å². The number of fused-ring (bicyclic) bond motifs is 1. The zero-order valence-corrected chi connectivity index (χ0v) is 12.8. The van der Waals surface area contributed by atoms with Gasteiger partial charge in [0.05, 0.1) is 6.10 Å². The van der Waals surface area contributed by atoms with Crippen LogP contribution in [0.15, 0.2) is 18.2 Å². The Bertz CT molecular complexity index is 549. The van der Waals surface area contributed by atoms with E-state index in [0.29, 0.717) is 19.6 Å². The third kappa shape index (κ3) is 3.03. The van der Waals surface area contributed by atoms with E-state index in [9.17, 15) is 4.79 Å². The van der Waals surface area contributed by atoms with Gasteiger partial charge in [-0.2, -0.15) is 0 Å². The predicted molar refractivity (Wildman–Crippen MR) is 80.6 cm³/mol. The molecule has 2 heterocycles. The van der Waals surface area contributed by atoms with E-state index in [1.165, 1.54) is 0 Å². The second-order valence-electron chi connectivity index (χ2n) is 5.60. The van der Waals surface area contributed by atoms with E-state index in [-0.39, 0.29) is 24.9 Å². The molecule has 0 saturated carbocycles. The Morgan fingerprint density at radius 1 is 1.32 bits per heavy atom. The number of nitrogens with zero attached hydrogens (tertiary/aromatic N) is 1. The highest BCUT2D eigenvalue weighted by Crippen LogP contribution is 2.33. The van der Waals surface area contributed by atoms with Gasteiger partial charge in [0, 0.05) is 19.6 Å². The highest BCUT2D eigenvalue weighted by molar-refractivity contribution is 5.81. The Balaban J connectivity index is 1.65. The first-order valence-corrected chi connectivity index (χ1v) is 7.74. The van der Waals surface area contributed by atoms with Crippen LogP contribution in [0.2, 0.25) is 0 Å². The number of likely N-dealkylation sites (N-methyl/N-ethyl adjacent to an activating group) is 1. The van der Waals surface area contributed by atoms with E-state index >= 15 is 0 Å². The Morgan fingerprint density at radius 2 is 2.14 bits per heavy atom. The topological polar surface area (TPSA) is 74.0 Å². The number of carbonyl (C=O) groups excluding carboxylic acids is 1. The molecule has 1 aromatic carbocycles. The van der Waals surface area contributed by atoms with E-state index in [2.05, 4.69) is 0 Å². The lowest BCUT2D eigenvalue weighted by atomic mass is 10.1. The van der Waals surface area contributed by atoms with Gasteiger partial charge in [0.15, 0.2) is 11.5 Å². The van der Waals surface area contributed by atoms with E-state index in [1.807, 2.05) is 25.1 Å². The van der Waals surface area contributed by atoms with Crippen molar-refractivity contribution in [2.45, 2.75) is 38.5 Å². The number of hydrogen-bond acceptors (Lipinski definition) is 5. The number of ether oxygens (including phenoxy) is 3. The molecule has 0 spiro atoms. The first-order valence-electron chi connectivity index (χ1n) is 7.74. The molecule has 120 valence electrons. The molecule has 0 unspecified atom stereocenters. The minimum absolute atomic E-state index is 0.0122. The van der Waals surface area contributed by atoms with Crippen LogP contribution in [0.5, 0.6) is 11.5 Å². The van der Waals surface area contributed by atoms with Crippen molar-refractivity contribution in [2.24, 2.45) is 5.73 Å². The molecule has 1 fully saturated rings. The van der Waals surface area contributed by atoms with Crippen molar-refractivity contribution in [1.29, 1.82) is 0 Å². The number of benzene rings is 1. The zero-order valence-electron chi connectivity index (χ0n) is 12.8. The quantitative estimate of drug-likeness (QED) is 0.887. The predicted octanol–water partition coefficient (Wildman–Crippen LogP) is 1.27. The number of amides is 1. The number of nitrogens with two attached hydrogens (primary N) is 1. The Hall–Kier alpha value is -1.79. The molecule has 0 radical (unpaired) electrons. The molecule has 1 aromatic rings. The Kier molecular flexibility index (Phi) is 4.49. The molecule has 6 heteroatoms. The molecule has 2 aliphatic rings. The minimum atomic E-state index is -0.359. The van der Waals surface area contributed by atoms with Crippen LogP contribution in [-0.2, 0) is 16.1 Å². The molecule has 0 bridgehead atoms. The third-order valence-electron chi connectivity index (χ3n) is 4.15. The zero-order chi connectivity index (χ0) is 15.5. The molecule has 2 atom stereocenters. The van der Waals surface area contributed by atoms with Crippen molar-refractivity contribution in [2.75, 3.05) is 19.9 Å². The summed E-state index contributed by atoms with van der Waals surface area (Å²) < 4.78 is 16.4. The molecule has 22 heavy (non-hydrogen) atoms. The van der Waals surface area contributed by atoms with Crippen molar-refractivity contribution < 1.29 is 19.0 Å². The van der Waals surface area contributed by atoms with Crippen LogP contribution in [0.1, 0.15) is 25.3 Å². The fraction of sp³-hybridized carbons (Fsp3) is 0.562.